The Morgan fingerprint density at radius 2 is 1.90 bits per heavy atom. The summed E-state index contributed by atoms with van der Waals surface area (Å²) in [6.07, 6.45) is 2.81. The number of rotatable bonds is 6. The van der Waals surface area contributed by atoms with Crippen LogP contribution < -0.4 is 9.64 Å². The Morgan fingerprint density at radius 3 is 2.67 bits per heavy atom. The minimum absolute atomic E-state index is 0.0283. The van der Waals surface area contributed by atoms with Crippen molar-refractivity contribution in [3.8, 4) is 5.75 Å². The van der Waals surface area contributed by atoms with Gasteiger partial charge in [-0.15, -0.1) is 0 Å². The topological polar surface area (TPSA) is 29.5 Å². The number of nitrogens with zero attached hydrogens (tertiary/aromatic N) is 1. The number of para-hydroxylation sites is 1. The Labute approximate surface area is 183 Å². The Balaban J connectivity index is 1.57. The summed E-state index contributed by atoms with van der Waals surface area (Å²) in [4.78, 5) is 14.8. The summed E-state index contributed by atoms with van der Waals surface area (Å²) < 4.78 is 19.9. The maximum absolute atomic E-state index is 13.3. The first-order valence-corrected chi connectivity index (χ1v) is 10.7. The molecule has 3 aromatic carbocycles. The largest absolute Gasteiger partial charge is 0.488 e. The van der Waals surface area contributed by atoms with Crippen molar-refractivity contribution in [1.29, 1.82) is 0 Å². The highest BCUT2D eigenvalue weighted by molar-refractivity contribution is 9.10. The summed E-state index contributed by atoms with van der Waals surface area (Å²) in [6, 6.07) is 19.9. The van der Waals surface area contributed by atoms with Crippen molar-refractivity contribution in [2.45, 2.75) is 20.0 Å². The molecule has 0 aromatic heterocycles. The van der Waals surface area contributed by atoms with E-state index >= 15 is 0 Å². The maximum Gasteiger partial charge on any atom is 0.258 e. The van der Waals surface area contributed by atoms with Gasteiger partial charge in [-0.25, -0.2) is 4.39 Å². The Morgan fingerprint density at radius 1 is 1.07 bits per heavy atom. The molecule has 0 saturated heterocycles. The number of hydrogen-bond acceptors (Lipinski definition) is 2. The molecule has 3 aromatic rings. The van der Waals surface area contributed by atoms with Gasteiger partial charge >= 0.3 is 0 Å². The van der Waals surface area contributed by atoms with E-state index in [1.54, 1.807) is 6.07 Å². The van der Waals surface area contributed by atoms with Crippen LogP contribution in [0.1, 0.15) is 30.0 Å². The van der Waals surface area contributed by atoms with E-state index in [1.807, 2.05) is 59.5 Å². The number of amides is 1. The lowest BCUT2D eigenvalue weighted by Gasteiger charge is -2.15. The van der Waals surface area contributed by atoms with Gasteiger partial charge in [0.1, 0.15) is 18.2 Å². The molecule has 0 fully saturated rings. The number of ether oxygens (including phenoxy) is 1. The zero-order valence-electron chi connectivity index (χ0n) is 16.6. The predicted octanol–water partition coefficient (Wildman–Crippen LogP) is 6.46. The van der Waals surface area contributed by atoms with Crippen LogP contribution in [0, 0.1) is 5.82 Å². The van der Waals surface area contributed by atoms with E-state index < -0.39 is 0 Å². The van der Waals surface area contributed by atoms with Crippen LogP contribution in [0.25, 0.3) is 11.6 Å². The number of halogens is 2. The van der Waals surface area contributed by atoms with E-state index in [0.717, 1.165) is 33.3 Å². The zero-order valence-corrected chi connectivity index (χ0v) is 18.2. The summed E-state index contributed by atoms with van der Waals surface area (Å²) >= 11 is 3.54. The van der Waals surface area contributed by atoms with Crippen molar-refractivity contribution in [1.82, 2.24) is 0 Å². The normalized spacial score (nSPS) is 14.3. The number of anilines is 1. The molecule has 0 aliphatic carbocycles. The highest BCUT2D eigenvalue weighted by atomic mass is 79.9. The zero-order chi connectivity index (χ0) is 21.1. The molecule has 30 heavy (non-hydrogen) atoms. The first-order valence-electron chi connectivity index (χ1n) is 9.86. The molecule has 1 aliphatic heterocycles. The third-order valence-electron chi connectivity index (χ3n) is 4.96. The van der Waals surface area contributed by atoms with Gasteiger partial charge in [-0.3, -0.25) is 4.79 Å². The van der Waals surface area contributed by atoms with Crippen LogP contribution in [0.15, 0.2) is 71.2 Å². The predicted molar refractivity (Wildman–Crippen MR) is 122 cm³/mol. The number of benzene rings is 3. The fourth-order valence-corrected chi connectivity index (χ4v) is 4.08. The van der Waals surface area contributed by atoms with Gasteiger partial charge < -0.3 is 9.64 Å². The molecule has 0 bridgehead atoms. The van der Waals surface area contributed by atoms with Crippen molar-refractivity contribution in [2.75, 3.05) is 11.4 Å². The fraction of sp³-hybridized carbons (Fsp3) is 0.160. The van der Waals surface area contributed by atoms with Crippen molar-refractivity contribution in [3.05, 3.63) is 93.7 Å². The maximum atomic E-state index is 13.3. The van der Waals surface area contributed by atoms with Crippen LogP contribution in [0.5, 0.6) is 5.75 Å². The average Bonchev–Trinajstić information content (AvgIpc) is 3.00. The summed E-state index contributed by atoms with van der Waals surface area (Å²) in [5, 5.41) is 0. The molecule has 0 saturated carbocycles. The Kier molecular flexibility index (Phi) is 6.00. The summed E-state index contributed by atoms with van der Waals surface area (Å²) in [5.41, 5.74) is 4.27. The van der Waals surface area contributed by atoms with E-state index in [1.165, 1.54) is 12.1 Å². The van der Waals surface area contributed by atoms with Crippen LogP contribution in [0.3, 0.4) is 0 Å². The minimum atomic E-state index is -0.282. The average molecular weight is 466 g/mol. The molecule has 152 valence electrons. The third kappa shape index (κ3) is 4.17. The number of carbonyl (C=O) groups excluding carboxylic acids is 1. The lowest BCUT2D eigenvalue weighted by atomic mass is 10.0. The molecule has 5 heteroatoms. The van der Waals surface area contributed by atoms with Crippen LogP contribution >= 0.6 is 15.9 Å². The van der Waals surface area contributed by atoms with E-state index in [9.17, 15) is 9.18 Å². The highest BCUT2D eigenvalue weighted by Gasteiger charge is 2.31. The van der Waals surface area contributed by atoms with Crippen LogP contribution in [-0.2, 0) is 11.4 Å². The van der Waals surface area contributed by atoms with Gasteiger partial charge in [0, 0.05) is 17.7 Å². The Hall–Kier alpha value is -2.92. The molecule has 1 aliphatic rings. The number of fused-ring (bicyclic) bond motifs is 1. The second-order valence-electron chi connectivity index (χ2n) is 7.14. The van der Waals surface area contributed by atoms with Gasteiger partial charge in [-0.05, 0) is 69.9 Å². The second-order valence-corrected chi connectivity index (χ2v) is 7.99. The SMILES string of the molecule is CCCN1C(=O)/C(=C\c2ccc(OCc3cccc(F)c3)c(Br)c2)c2ccccc21. The van der Waals surface area contributed by atoms with Crippen molar-refractivity contribution < 1.29 is 13.9 Å². The first kappa shape index (κ1) is 20.4. The third-order valence-corrected chi connectivity index (χ3v) is 5.58. The first-order chi connectivity index (χ1) is 14.6. The molecule has 0 unspecified atom stereocenters. The molecule has 0 spiro atoms. The van der Waals surface area contributed by atoms with Crippen molar-refractivity contribution >= 4 is 39.2 Å². The van der Waals surface area contributed by atoms with E-state index in [-0.39, 0.29) is 18.3 Å². The van der Waals surface area contributed by atoms with Gasteiger partial charge in [0.05, 0.1) is 10.2 Å². The van der Waals surface area contributed by atoms with Crippen LogP contribution in [-0.4, -0.2) is 12.5 Å². The highest BCUT2D eigenvalue weighted by Crippen LogP contribution is 2.38. The van der Waals surface area contributed by atoms with Crippen molar-refractivity contribution in [3.63, 3.8) is 0 Å². The van der Waals surface area contributed by atoms with Gasteiger partial charge in [-0.2, -0.15) is 0 Å². The number of carbonyl (C=O) groups is 1. The van der Waals surface area contributed by atoms with Crippen LogP contribution in [0.2, 0.25) is 0 Å². The van der Waals surface area contributed by atoms with Gasteiger partial charge in [0.2, 0.25) is 0 Å². The minimum Gasteiger partial charge on any atom is -0.488 e. The quantitative estimate of drug-likeness (QED) is 0.390. The summed E-state index contributed by atoms with van der Waals surface area (Å²) in [6.45, 7) is 3.04. The second kappa shape index (κ2) is 8.84. The molecule has 1 heterocycles. The smallest absolute Gasteiger partial charge is 0.258 e. The number of hydrogen-bond donors (Lipinski definition) is 0. The summed E-state index contributed by atoms with van der Waals surface area (Å²) in [5.74, 6) is 0.406. The standard InChI is InChI=1S/C25H21BrFNO2/c1-2-12-28-23-9-4-3-8-20(23)21(25(28)29)14-17-10-11-24(22(26)15-17)30-16-18-6-5-7-19(27)13-18/h3-11,13-15H,2,12,16H2,1H3/b21-14-. The Bertz CT molecular complexity index is 1130. The van der Waals surface area contributed by atoms with Crippen molar-refractivity contribution in [2.24, 2.45) is 0 Å². The molecule has 4 rings (SSSR count). The fourth-order valence-electron chi connectivity index (χ4n) is 3.57. The van der Waals surface area contributed by atoms with Gasteiger partial charge in [0.25, 0.3) is 5.91 Å². The molecule has 0 radical (unpaired) electrons. The lowest BCUT2D eigenvalue weighted by molar-refractivity contribution is -0.113. The van der Waals surface area contributed by atoms with E-state index in [2.05, 4.69) is 22.9 Å². The van der Waals surface area contributed by atoms with E-state index in [4.69, 9.17) is 4.74 Å². The molecular formula is C25H21BrFNO2. The molecule has 0 atom stereocenters. The molecule has 0 N–H and O–H groups in total. The van der Waals surface area contributed by atoms with Gasteiger partial charge in [-0.1, -0.05) is 43.3 Å². The molecule has 3 nitrogen and oxygen atoms in total. The molecular weight excluding hydrogens is 445 g/mol. The van der Waals surface area contributed by atoms with Crippen LogP contribution in [0.4, 0.5) is 10.1 Å². The monoisotopic (exact) mass is 465 g/mol. The van der Waals surface area contributed by atoms with E-state index in [0.29, 0.717) is 17.9 Å². The van der Waals surface area contributed by atoms with Gasteiger partial charge in [0.15, 0.2) is 0 Å². The summed E-state index contributed by atoms with van der Waals surface area (Å²) in [7, 11) is 0. The lowest BCUT2D eigenvalue weighted by Crippen LogP contribution is -2.26. The molecule has 1 amide bonds.